The van der Waals surface area contributed by atoms with Gasteiger partial charge in [-0.05, 0) is 54.8 Å². The van der Waals surface area contributed by atoms with Crippen LogP contribution in [0.25, 0.3) is 11.3 Å². The smallest absolute Gasteiger partial charge is 0.220 e. The summed E-state index contributed by atoms with van der Waals surface area (Å²) in [5.74, 6) is 0.239. The van der Waals surface area contributed by atoms with Gasteiger partial charge in [-0.1, -0.05) is 5.16 Å². The molecular weight excluding hydrogens is 321 g/mol. The summed E-state index contributed by atoms with van der Waals surface area (Å²) in [6.45, 7) is 0.581. The van der Waals surface area contributed by atoms with Crippen LogP contribution in [0.2, 0.25) is 0 Å². The summed E-state index contributed by atoms with van der Waals surface area (Å²) in [7, 11) is 0. The first-order chi connectivity index (χ1) is 12.2. The fourth-order valence-corrected chi connectivity index (χ4v) is 2.51. The van der Waals surface area contributed by atoms with Crippen molar-refractivity contribution in [2.75, 3.05) is 6.54 Å². The number of carbonyl (C=O) groups excluding carboxylic acids is 1. The van der Waals surface area contributed by atoms with Crippen molar-refractivity contribution in [3.05, 3.63) is 71.9 Å². The third kappa shape index (κ3) is 4.73. The third-order valence-corrected chi connectivity index (χ3v) is 3.86. The number of nitrogens with one attached hydrogen (secondary N) is 1. The van der Waals surface area contributed by atoms with E-state index in [1.54, 1.807) is 30.7 Å². The molecule has 1 amide bonds. The van der Waals surface area contributed by atoms with Gasteiger partial charge in [-0.2, -0.15) is 0 Å². The zero-order chi connectivity index (χ0) is 17.5. The lowest BCUT2D eigenvalue weighted by Crippen LogP contribution is -2.25. The van der Waals surface area contributed by atoms with Crippen molar-refractivity contribution in [2.24, 2.45) is 0 Å². The van der Waals surface area contributed by atoms with Gasteiger partial charge in [-0.25, -0.2) is 4.39 Å². The molecule has 6 heteroatoms. The number of carbonyl (C=O) groups is 1. The van der Waals surface area contributed by atoms with E-state index in [0.717, 1.165) is 23.1 Å². The SMILES string of the molecule is O=C(CCc1cnoc1-c1ccc(F)cc1)NCCc1ccncc1. The van der Waals surface area contributed by atoms with Gasteiger partial charge in [-0.3, -0.25) is 9.78 Å². The Bertz CT molecular complexity index is 816. The molecule has 0 unspecified atom stereocenters. The Labute approximate surface area is 144 Å². The van der Waals surface area contributed by atoms with Crippen LogP contribution in [0.5, 0.6) is 0 Å². The average Bonchev–Trinajstić information content (AvgIpc) is 3.10. The summed E-state index contributed by atoms with van der Waals surface area (Å²) < 4.78 is 18.3. The van der Waals surface area contributed by atoms with Gasteiger partial charge in [0.25, 0.3) is 0 Å². The molecule has 2 heterocycles. The van der Waals surface area contributed by atoms with E-state index in [2.05, 4.69) is 15.5 Å². The summed E-state index contributed by atoms with van der Waals surface area (Å²) in [4.78, 5) is 16.0. The van der Waals surface area contributed by atoms with Gasteiger partial charge < -0.3 is 9.84 Å². The van der Waals surface area contributed by atoms with E-state index in [9.17, 15) is 9.18 Å². The van der Waals surface area contributed by atoms with Crippen molar-refractivity contribution >= 4 is 5.91 Å². The number of rotatable bonds is 7. The normalized spacial score (nSPS) is 10.6. The topological polar surface area (TPSA) is 68.0 Å². The maximum atomic E-state index is 13.0. The van der Waals surface area contributed by atoms with Gasteiger partial charge in [-0.15, -0.1) is 0 Å². The molecule has 0 saturated carbocycles. The number of halogens is 1. The molecule has 0 atom stereocenters. The highest BCUT2D eigenvalue weighted by Crippen LogP contribution is 2.24. The van der Waals surface area contributed by atoms with E-state index in [1.807, 2.05) is 12.1 Å². The van der Waals surface area contributed by atoms with Crippen molar-refractivity contribution in [1.82, 2.24) is 15.5 Å². The molecule has 0 aliphatic rings. The number of hydrogen-bond donors (Lipinski definition) is 1. The lowest BCUT2D eigenvalue weighted by Gasteiger charge is -2.05. The first kappa shape index (κ1) is 16.8. The van der Waals surface area contributed by atoms with Gasteiger partial charge in [0.1, 0.15) is 5.82 Å². The standard InChI is InChI=1S/C19H18FN3O2/c20-17-4-1-15(2-5-17)19-16(13-23-25-19)3-6-18(24)22-12-9-14-7-10-21-11-8-14/h1-2,4-5,7-8,10-11,13H,3,6,9,12H2,(H,22,24). The number of pyridine rings is 1. The first-order valence-corrected chi connectivity index (χ1v) is 8.07. The molecule has 0 bridgehead atoms. The number of nitrogens with zero attached hydrogens (tertiary/aromatic N) is 2. The molecule has 5 nitrogen and oxygen atoms in total. The lowest BCUT2D eigenvalue weighted by molar-refractivity contribution is -0.121. The Balaban J connectivity index is 1.49. The predicted molar refractivity (Wildman–Crippen MR) is 91.2 cm³/mol. The van der Waals surface area contributed by atoms with E-state index < -0.39 is 0 Å². The van der Waals surface area contributed by atoms with Gasteiger partial charge in [0, 0.05) is 36.5 Å². The fraction of sp³-hybridized carbons (Fsp3) is 0.211. The van der Waals surface area contributed by atoms with E-state index in [4.69, 9.17) is 4.52 Å². The molecule has 0 spiro atoms. The Kier molecular flexibility index (Phi) is 5.51. The Morgan fingerprint density at radius 3 is 2.60 bits per heavy atom. The maximum Gasteiger partial charge on any atom is 0.220 e. The Morgan fingerprint density at radius 1 is 1.08 bits per heavy atom. The van der Waals surface area contributed by atoms with Crippen LogP contribution in [0.4, 0.5) is 4.39 Å². The molecule has 0 saturated heterocycles. The van der Waals surface area contributed by atoms with Crippen molar-refractivity contribution < 1.29 is 13.7 Å². The van der Waals surface area contributed by atoms with Crippen molar-refractivity contribution in [1.29, 1.82) is 0 Å². The molecule has 0 radical (unpaired) electrons. The minimum absolute atomic E-state index is 0.0275. The molecule has 3 rings (SSSR count). The van der Waals surface area contributed by atoms with Crippen LogP contribution in [0, 0.1) is 5.82 Å². The van der Waals surface area contributed by atoms with Crippen LogP contribution < -0.4 is 5.32 Å². The molecule has 25 heavy (non-hydrogen) atoms. The summed E-state index contributed by atoms with van der Waals surface area (Å²) in [6, 6.07) is 9.86. The number of amides is 1. The second kappa shape index (κ2) is 8.19. The van der Waals surface area contributed by atoms with E-state index in [1.165, 1.54) is 12.1 Å². The van der Waals surface area contributed by atoms with Gasteiger partial charge in [0.2, 0.25) is 5.91 Å². The number of aryl methyl sites for hydroxylation is 1. The number of hydrogen-bond acceptors (Lipinski definition) is 4. The summed E-state index contributed by atoms with van der Waals surface area (Å²) in [5, 5.41) is 6.69. The second-order valence-corrected chi connectivity index (χ2v) is 5.64. The number of aromatic nitrogens is 2. The highest BCUT2D eigenvalue weighted by atomic mass is 19.1. The average molecular weight is 339 g/mol. The fourth-order valence-electron chi connectivity index (χ4n) is 2.51. The van der Waals surface area contributed by atoms with Crippen molar-refractivity contribution in [3.63, 3.8) is 0 Å². The van der Waals surface area contributed by atoms with E-state index in [0.29, 0.717) is 25.1 Å². The largest absolute Gasteiger partial charge is 0.356 e. The monoisotopic (exact) mass is 339 g/mol. The van der Waals surface area contributed by atoms with Crippen molar-refractivity contribution in [2.45, 2.75) is 19.3 Å². The quantitative estimate of drug-likeness (QED) is 0.718. The van der Waals surface area contributed by atoms with Crippen LogP contribution in [-0.2, 0) is 17.6 Å². The Hall–Kier alpha value is -3.02. The minimum atomic E-state index is -0.307. The minimum Gasteiger partial charge on any atom is -0.356 e. The van der Waals surface area contributed by atoms with Crippen molar-refractivity contribution in [3.8, 4) is 11.3 Å². The third-order valence-electron chi connectivity index (χ3n) is 3.86. The zero-order valence-corrected chi connectivity index (χ0v) is 13.6. The molecule has 1 aromatic carbocycles. The van der Waals surface area contributed by atoms with Crippen LogP contribution in [-0.4, -0.2) is 22.6 Å². The van der Waals surface area contributed by atoms with Crippen LogP contribution in [0.3, 0.4) is 0 Å². The Morgan fingerprint density at radius 2 is 1.84 bits per heavy atom. The highest BCUT2D eigenvalue weighted by molar-refractivity contribution is 5.76. The zero-order valence-electron chi connectivity index (χ0n) is 13.6. The van der Waals surface area contributed by atoms with Crippen LogP contribution in [0.1, 0.15) is 17.5 Å². The molecule has 2 aromatic heterocycles. The molecule has 0 aliphatic heterocycles. The summed E-state index contributed by atoms with van der Waals surface area (Å²) >= 11 is 0. The number of benzene rings is 1. The van der Waals surface area contributed by atoms with Crippen LogP contribution >= 0.6 is 0 Å². The molecule has 0 aliphatic carbocycles. The molecule has 0 fully saturated rings. The van der Waals surface area contributed by atoms with E-state index in [-0.39, 0.29) is 11.7 Å². The van der Waals surface area contributed by atoms with Gasteiger partial charge in [0.15, 0.2) is 5.76 Å². The predicted octanol–water partition coefficient (Wildman–Crippen LogP) is 3.17. The molecule has 3 aromatic rings. The summed E-state index contributed by atoms with van der Waals surface area (Å²) in [5.41, 5.74) is 2.70. The summed E-state index contributed by atoms with van der Waals surface area (Å²) in [6.07, 6.45) is 6.69. The van der Waals surface area contributed by atoms with Crippen LogP contribution in [0.15, 0.2) is 59.5 Å². The molecule has 1 N–H and O–H groups in total. The maximum absolute atomic E-state index is 13.0. The highest BCUT2D eigenvalue weighted by Gasteiger charge is 2.12. The van der Waals surface area contributed by atoms with Gasteiger partial charge >= 0.3 is 0 Å². The lowest BCUT2D eigenvalue weighted by atomic mass is 10.1. The van der Waals surface area contributed by atoms with Gasteiger partial charge in [0.05, 0.1) is 6.20 Å². The second-order valence-electron chi connectivity index (χ2n) is 5.64. The van der Waals surface area contributed by atoms with E-state index >= 15 is 0 Å². The first-order valence-electron chi connectivity index (χ1n) is 8.07. The molecule has 128 valence electrons. The molecular formula is C19H18FN3O2.